The van der Waals surface area contributed by atoms with Crippen molar-refractivity contribution in [2.45, 2.75) is 19.4 Å². The lowest BCUT2D eigenvalue weighted by Crippen LogP contribution is -2.29. The second-order valence-electron chi connectivity index (χ2n) is 7.48. The number of aliphatic hydroxyl groups is 1. The summed E-state index contributed by atoms with van der Waals surface area (Å²) in [5.41, 5.74) is 2.50. The molecule has 0 spiro atoms. The summed E-state index contributed by atoms with van der Waals surface area (Å²) in [4.78, 5) is 27.7. The molecule has 0 saturated carbocycles. The molecule has 1 saturated heterocycles. The monoisotopic (exact) mass is 429 g/mol. The zero-order valence-electron chi connectivity index (χ0n) is 17.8. The van der Waals surface area contributed by atoms with E-state index in [4.69, 9.17) is 4.74 Å². The van der Waals surface area contributed by atoms with Gasteiger partial charge in [-0.2, -0.15) is 0 Å². The minimum atomic E-state index is -0.868. The van der Waals surface area contributed by atoms with Crippen LogP contribution in [-0.2, 0) is 16.0 Å². The SMILES string of the molecule is CCc1ccc(N2C(=O)C(=O)/C(=C(\O)c3ccccc3OC)C2c2ccc(O)cc2)cc1. The third-order valence-electron chi connectivity index (χ3n) is 5.64. The molecular weight excluding hydrogens is 406 g/mol. The number of Topliss-reactive ketones (excluding diaryl/α,β-unsaturated/α-hetero) is 1. The number of methoxy groups -OCH3 is 1. The summed E-state index contributed by atoms with van der Waals surface area (Å²) in [6, 6.07) is 19.5. The Kier molecular flexibility index (Phi) is 5.69. The van der Waals surface area contributed by atoms with Crippen molar-refractivity contribution in [2.75, 3.05) is 12.0 Å². The molecular formula is C26H23NO5. The minimum Gasteiger partial charge on any atom is -0.508 e. The van der Waals surface area contributed by atoms with Crippen molar-refractivity contribution in [1.82, 2.24) is 0 Å². The Balaban J connectivity index is 1.94. The van der Waals surface area contributed by atoms with Crippen LogP contribution in [0.2, 0.25) is 0 Å². The van der Waals surface area contributed by atoms with Gasteiger partial charge >= 0.3 is 0 Å². The second-order valence-corrected chi connectivity index (χ2v) is 7.48. The van der Waals surface area contributed by atoms with Crippen molar-refractivity contribution >= 4 is 23.1 Å². The van der Waals surface area contributed by atoms with Gasteiger partial charge in [0.25, 0.3) is 11.7 Å². The van der Waals surface area contributed by atoms with Crippen molar-refractivity contribution in [3.8, 4) is 11.5 Å². The average molecular weight is 429 g/mol. The van der Waals surface area contributed by atoms with Gasteiger partial charge in [0.2, 0.25) is 0 Å². The van der Waals surface area contributed by atoms with Gasteiger partial charge in [0, 0.05) is 5.69 Å². The third-order valence-corrected chi connectivity index (χ3v) is 5.64. The van der Waals surface area contributed by atoms with Crippen molar-refractivity contribution < 1.29 is 24.5 Å². The number of carbonyl (C=O) groups excluding carboxylic acids is 2. The Labute approximate surface area is 186 Å². The molecule has 2 N–H and O–H groups in total. The molecule has 6 nitrogen and oxygen atoms in total. The topological polar surface area (TPSA) is 87.1 Å². The Morgan fingerprint density at radius 3 is 2.25 bits per heavy atom. The number of aryl methyl sites for hydroxylation is 1. The normalized spacial score (nSPS) is 17.6. The molecule has 32 heavy (non-hydrogen) atoms. The molecule has 4 rings (SSSR count). The molecule has 1 fully saturated rings. The fourth-order valence-corrected chi connectivity index (χ4v) is 3.95. The molecule has 1 atom stereocenters. The molecule has 3 aromatic rings. The van der Waals surface area contributed by atoms with E-state index < -0.39 is 17.7 Å². The second kappa shape index (κ2) is 8.59. The summed E-state index contributed by atoms with van der Waals surface area (Å²) in [5.74, 6) is -1.39. The van der Waals surface area contributed by atoms with Gasteiger partial charge in [-0.15, -0.1) is 0 Å². The zero-order valence-corrected chi connectivity index (χ0v) is 17.8. The molecule has 1 aliphatic heterocycles. The lowest BCUT2D eigenvalue weighted by molar-refractivity contribution is -0.132. The number of hydrogen-bond acceptors (Lipinski definition) is 5. The first kappa shape index (κ1) is 21.2. The van der Waals surface area contributed by atoms with Gasteiger partial charge in [0.05, 0.1) is 24.3 Å². The van der Waals surface area contributed by atoms with Crippen molar-refractivity contribution in [1.29, 1.82) is 0 Å². The van der Waals surface area contributed by atoms with Crippen LogP contribution in [0, 0.1) is 0 Å². The zero-order chi connectivity index (χ0) is 22.8. The number of hydrogen-bond donors (Lipinski definition) is 2. The number of ketones is 1. The number of rotatable bonds is 5. The van der Waals surface area contributed by atoms with Gasteiger partial charge in [-0.25, -0.2) is 0 Å². The molecule has 1 heterocycles. The highest BCUT2D eigenvalue weighted by Crippen LogP contribution is 2.43. The van der Waals surface area contributed by atoms with Gasteiger partial charge < -0.3 is 14.9 Å². The number of amides is 1. The lowest BCUT2D eigenvalue weighted by Gasteiger charge is -2.25. The fourth-order valence-electron chi connectivity index (χ4n) is 3.95. The molecule has 1 amide bonds. The molecule has 3 aromatic carbocycles. The molecule has 0 aliphatic carbocycles. The van der Waals surface area contributed by atoms with Gasteiger partial charge in [-0.1, -0.05) is 43.3 Å². The van der Waals surface area contributed by atoms with E-state index in [0.717, 1.165) is 12.0 Å². The molecule has 0 bridgehead atoms. The van der Waals surface area contributed by atoms with E-state index in [1.165, 1.54) is 24.1 Å². The highest BCUT2D eigenvalue weighted by Gasteiger charge is 2.47. The summed E-state index contributed by atoms with van der Waals surface area (Å²) < 4.78 is 5.34. The van der Waals surface area contributed by atoms with Crippen LogP contribution in [0.25, 0.3) is 5.76 Å². The largest absolute Gasteiger partial charge is 0.508 e. The van der Waals surface area contributed by atoms with E-state index in [2.05, 4.69) is 0 Å². The Bertz CT molecular complexity index is 1200. The Morgan fingerprint density at radius 1 is 0.969 bits per heavy atom. The van der Waals surface area contributed by atoms with Gasteiger partial charge in [-0.3, -0.25) is 14.5 Å². The quantitative estimate of drug-likeness (QED) is 0.352. The van der Waals surface area contributed by atoms with Crippen LogP contribution in [0.5, 0.6) is 11.5 Å². The van der Waals surface area contributed by atoms with Crippen molar-refractivity contribution in [3.05, 3.63) is 95.1 Å². The van der Waals surface area contributed by atoms with E-state index >= 15 is 0 Å². The predicted octanol–water partition coefficient (Wildman–Crippen LogP) is 4.59. The highest BCUT2D eigenvalue weighted by atomic mass is 16.5. The number of aliphatic hydroxyl groups excluding tert-OH is 1. The summed E-state index contributed by atoms with van der Waals surface area (Å²) in [6.07, 6.45) is 0.842. The number of ether oxygens (including phenoxy) is 1. The molecule has 1 unspecified atom stereocenters. The summed E-state index contributed by atoms with van der Waals surface area (Å²) >= 11 is 0. The van der Waals surface area contributed by atoms with Crippen LogP contribution >= 0.6 is 0 Å². The number of carbonyl (C=O) groups is 2. The first-order valence-corrected chi connectivity index (χ1v) is 10.3. The lowest BCUT2D eigenvalue weighted by atomic mass is 9.94. The number of aromatic hydroxyl groups is 1. The van der Waals surface area contributed by atoms with Gasteiger partial charge in [-0.05, 0) is 53.9 Å². The number of nitrogens with zero attached hydrogens (tertiary/aromatic N) is 1. The maximum atomic E-state index is 13.2. The highest BCUT2D eigenvalue weighted by molar-refractivity contribution is 6.51. The molecule has 1 aliphatic rings. The first-order chi connectivity index (χ1) is 15.5. The van der Waals surface area contributed by atoms with Crippen LogP contribution in [0.3, 0.4) is 0 Å². The smallest absolute Gasteiger partial charge is 0.300 e. The number of anilines is 1. The number of para-hydroxylation sites is 1. The van der Waals surface area contributed by atoms with E-state index in [1.807, 2.05) is 19.1 Å². The molecule has 0 radical (unpaired) electrons. The standard InChI is InChI=1S/C26H23NO5/c1-3-16-8-12-18(13-9-16)27-23(17-10-14-19(28)15-11-17)22(25(30)26(27)31)24(29)20-6-4-5-7-21(20)32-2/h4-15,23,28-29H,3H2,1-2H3/b24-22-. The van der Waals surface area contributed by atoms with Gasteiger partial charge in [0.1, 0.15) is 17.3 Å². The van der Waals surface area contributed by atoms with Crippen molar-refractivity contribution in [3.63, 3.8) is 0 Å². The minimum absolute atomic E-state index is 0.0373. The fraction of sp³-hybridized carbons (Fsp3) is 0.154. The van der Waals surface area contributed by atoms with E-state index in [1.54, 1.807) is 48.5 Å². The summed E-state index contributed by atoms with van der Waals surface area (Å²) in [7, 11) is 1.47. The summed E-state index contributed by atoms with van der Waals surface area (Å²) in [5, 5.41) is 20.9. The molecule has 0 aromatic heterocycles. The predicted molar refractivity (Wildman–Crippen MR) is 122 cm³/mol. The molecule has 162 valence electrons. The maximum Gasteiger partial charge on any atom is 0.300 e. The van der Waals surface area contributed by atoms with Crippen LogP contribution in [-0.4, -0.2) is 29.0 Å². The van der Waals surface area contributed by atoms with Crippen LogP contribution in [0.4, 0.5) is 5.69 Å². The van der Waals surface area contributed by atoms with Gasteiger partial charge in [0.15, 0.2) is 0 Å². The average Bonchev–Trinajstić information content (AvgIpc) is 3.09. The van der Waals surface area contributed by atoms with Crippen LogP contribution in [0.1, 0.15) is 29.7 Å². The van der Waals surface area contributed by atoms with Crippen LogP contribution in [0.15, 0.2) is 78.4 Å². The number of phenolic OH excluding ortho intramolecular Hbond substituents is 1. The van der Waals surface area contributed by atoms with E-state index in [-0.39, 0.29) is 17.1 Å². The number of phenols is 1. The van der Waals surface area contributed by atoms with Crippen molar-refractivity contribution in [2.24, 2.45) is 0 Å². The van der Waals surface area contributed by atoms with E-state index in [9.17, 15) is 19.8 Å². The van der Waals surface area contributed by atoms with E-state index in [0.29, 0.717) is 22.6 Å². The Morgan fingerprint density at radius 2 is 1.62 bits per heavy atom. The molecule has 6 heteroatoms. The third kappa shape index (κ3) is 3.60. The van der Waals surface area contributed by atoms with Crippen LogP contribution < -0.4 is 9.64 Å². The first-order valence-electron chi connectivity index (χ1n) is 10.3. The Hall–Kier alpha value is -4.06. The number of benzene rings is 3. The maximum absolute atomic E-state index is 13.2. The summed E-state index contributed by atoms with van der Waals surface area (Å²) in [6.45, 7) is 2.03.